The van der Waals surface area contributed by atoms with Crippen molar-refractivity contribution in [2.75, 3.05) is 14.2 Å². The Kier molecular flexibility index (Phi) is 6.24. The molecule has 2 aromatic rings. The van der Waals surface area contributed by atoms with Crippen LogP contribution >= 0.6 is 0 Å². The summed E-state index contributed by atoms with van der Waals surface area (Å²) < 4.78 is 25.2. The summed E-state index contributed by atoms with van der Waals surface area (Å²) >= 11 is 0. The first-order chi connectivity index (χ1) is 12.3. The third-order valence-electron chi connectivity index (χ3n) is 3.68. The van der Waals surface area contributed by atoms with E-state index in [4.69, 9.17) is 14.9 Å². The molecule has 0 aliphatic rings. The van der Waals surface area contributed by atoms with Crippen molar-refractivity contribution >= 4 is 11.8 Å². The number of hydrogen-bond acceptors (Lipinski definition) is 5. The summed E-state index contributed by atoms with van der Waals surface area (Å²) in [6.07, 6.45) is 2.25. The smallest absolute Gasteiger partial charge is 0.253 e. The molecule has 1 aromatic carbocycles. The Bertz CT molecular complexity index is 845. The van der Waals surface area contributed by atoms with Crippen LogP contribution in [0.3, 0.4) is 0 Å². The van der Waals surface area contributed by atoms with E-state index in [-0.39, 0.29) is 23.5 Å². The van der Waals surface area contributed by atoms with Crippen LogP contribution in [0.15, 0.2) is 42.1 Å². The minimum atomic E-state index is -0.802. The van der Waals surface area contributed by atoms with Crippen molar-refractivity contribution in [3.8, 4) is 11.6 Å². The van der Waals surface area contributed by atoms with E-state index in [1.807, 2.05) is 0 Å². The van der Waals surface area contributed by atoms with Gasteiger partial charge in [-0.1, -0.05) is 0 Å². The van der Waals surface area contributed by atoms with Crippen LogP contribution in [0, 0.1) is 18.2 Å². The monoisotopic (exact) mass is 360 g/mol. The molecule has 1 aromatic heterocycles. The van der Waals surface area contributed by atoms with E-state index >= 15 is 0 Å². The van der Waals surface area contributed by atoms with Gasteiger partial charge in [0.1, 0.15) is 5.82 Å². The highest BCUT2D eigenvalue weighted by molar-refractivity contribution is 5.90. The molecule has 2 N–H and O–H groups in total. The molecule has 1 atom stereocenters. The Hall–Kier alpha value is -3.00. The minimum absolute atomic E-state index is 0.186. The maximum absolute atomic E-state index is 13.2. The Morgan fingerprint density at radius 3 is 2.77 bits per heavy atom. The Balaban J connectivity index is 2.12. The number of carbonyl (C=O) groups is 1. The number of likely N-dealkylation sites (N-methyl/N-ethyl adjacent to an activating group) is 1. The number of carbonyl (C=O) groups excluding carboxylic acids is 1. The minimum Gasteiger partial charge on any atom is -0.420 e. The first-order valence-corrected chi connectivity index (χ1v) is 7.87. The van der Waals surface area contributed by atoms with E-state index in [0.29, 0.717) is 11.3 Å². The zero-order valence-corrected chi connectivity index (χ0v) is 15.0. The highest BCUT2D eigenvalue weighted by Crippen LogP contribution is 2.17. The van der Waals surface area contributed by atoms with E-state index in [0.717, 1.165) is 5.56 Å². The first kappa shape index (κ1) is 19.3. The van der Waals surface area contributed by atoms with Crippen LogP contribution in [0.4, 0.5) is 4.39 Å². The average molecular weight is 360 g/mol. The van der Waals surface area contributed by atoms with Gasteiger partial charge in [0.25, 0.3) is 5.91 Å². The lowest BCUT2D eigenvalue weighted by Gasteiger charge is -2.14. The van der Waals surface area contributed by atoms with Gasteiger partial charge in [0.2, 0.25) is 11.8 Å². The van der Waals surface area contributed by atoms with Crippen LogP contribution < -0.4 is 10.1 Å². The molecule has 0 bridgehead atoms. The maximum atomic E-state index is 13.2. The number of nitrogens with zero attached hydrogens (tertiary/aromatic N) is 2. The molecule has 0 aliphatic heterocycles. The van der Waals surface area contributed by atoms with E-state index in [2.05, 4.69) is 10.4 Å². The van der Waals surface area contributed by atoms with Crippen molar-refractivity contribution in [3.63, 3.8) is 0 Å². The summed E-state index contributed by atoms with van der Waals surface area (Å²) in [5.41, 5.74) is 1.95. The number of ether oxygens (including phenoxy) is 2. The van der Waals surface area contributed by atoms with Gasteiger partial charge in [0.05, 0.1) is 5.69 Å². The molecule has 2 rings (SSSR count). The number of halogens is 1. The number of hydrogen-bond donors (Lipinski definition) is 2. The maximum Gasteiger partial charge on any atom is 0.253 e. The van der Waals surface area contributed by atoms with Crippen LogP contribution in [-0.2, 0) is 9.53 Å². The topological polar surface area (TPSA) is 89.2 Å². The molecule has 8 heteroatoms. The molecular formula is C18H21FN4O3. The predicted octanol–water partition coefficient (Wildman–Crippen LogP) is 2.38. The molecule has 0 radical (unpaired) electrons. The van der Waals surface area contributed by atoms with Crippen LogP contribution in [0.5, 0.6) is 5.88 Å². The standard InChI is InChI=1S/C18H21FN4O3/c1-11-9-13(19)5-6-14(11)23-8-7-16(22-23)26-15(20)10-12(2)17(25-4)18(24)21-3/h5-10,17,20H,1-4H3,(H,21,24)/b12-10-,20-15?. The molecule has 26 heavy (non-hydrogen) atoms. The van der Waals surface area contributed by atoms with Crippen LogP contribution in [-0.4, -0.2) is 41.8 Å². The highest BCUT2D eigenvalue weighted by Gasteiger charge is 2.19. The number of amides is 1. The third kappa shape index (κ3) is 4.54. The van der Waals surface area contributed by atoms with Crippen molar-refractivity contribution in [2.24, 2.45) is 0 Å². The van der Waals surface area contributed by atoms with E-state index in [9.17, 15) is 9.18 Å². The number of aryl methyl sites for hydroxylation is 1. The SMILES string of the molecule is CNC(=O)C(OC)/C(C)=C\C(=N)Oc1ccn(-c2ccc(F)cc2C)n1. The van der Waals surface area contributed by atoms with Gasteiger partial charge in [-0.3, -0.25) is 10.2 Å². The normalized spacial score (nSPS) is 12.6. The second kappa shape index (κ2) is 8.39. The lowest BCUT2D eigenvalue weighted by molar-refractivity contribution is -0.128. The Morgan fingerprint density at radius 1 is 1.42 bits per heavy atom. The zero-order chi connectivity index (χ0) is 19.3. The second-order valence-corrected chi connectivity index (χ2v) is 5.61. The van der Waals surface area contributed by atoms with E-state index in [1.165, 1.54) is 37.0 Å². The van der Waals surface area contributed by atoms with Gasteiger partial charge in [0.15, 0.2) is 6.10 Å². The van der Waals surface area contributed by atoms with Crippen LogP contribution in [0.2, 0.25) is 0 Å². The molecule has 0 aliphatic carbocycles. The van der Waals surface area contributed by atoms with Gasteiger partial charge in [0, 0.05) is 32.5 Å². The van der Waals surface area contributed by atoms with Crippen molar-refractivity contribution in [1.82, 2.24) is 15.1 Å². The largest absolute Gasteiger partial charge is 0.420 e. The van der Waals surface area contributed by atoms with Crippen LogP contribution in [0.25, 0.3) is 5.69 Å². The molecular weight excluding hydrogens is 339 g/mol. The van der Waals surface area contributed by atoms with Gasteiger partial charge in [-0.25, -0.2) is 9.07 Å². The van der Waals surface area contributed by atoms with Crippen molar-refractivity contribution < 1.29 is 18.7 Å². The summed E-state index contributed by atoms with van der Waals surface area (Å²) in [4.78, 5) is 11.7. The lowest BCUT2D eigenvalue weighted by Crippen LogP contribution is -2.34. The number of rotatable bonds is 6. The van der Waals surface area contributed by atoms with Gasteiger partial charge in [-0.15, -0.1) is 5.10 Å². The fourth-order valence-electron chi connectivity index (χ4n) is 2.43. The fourth-order valence-corrected chi connectivity index (χ4v) is 2.43. The predicted molar refractivity (Wildman–Crippen MR) is 95.2 cm³/mol. The van der Waals surface area contributed by atoms with E-state index in [1.54, 1.807) is 32.2 Å². The van der Waals surface area contributed by atoms with Crippen molar-refractivity contribution in [1.29, 1.82) is 5.41 Å². The van der Waals surface area contributed by atoms with Crippen molar-refractivity contribution in [3.05, 3.63) is 53.5 Å². The molecule has 0 saturated carbocycles. The van der Waals surface area contributed by atoms with Gasteiger partial charge >= 0.3 is 0 Å². The molecule has 7 nitrogen and oxygen atoms in total. The summed E-state index contributed by atoms with van der Waals surface area (Å²) in [6, 6.07) is 5.97. The summed E-state index contributed by atoms with van der Waals surface area (Å²) in [5, 5.41) is 14.6. The zero-order valence-electron chi connectivity index (χ0n) is 15.0. The first-order valence-electron chi connectivity index (χ1n) is 7.87. The van der Waals surface area contributed by atoms with Crippen LogP contribution in [0.1, 0.15) is 12.5 Å². The van der Waals surface area contributed by atoms with Gasteiger partial charge < -0.3 is 14.8 Å². The van der Waals surface area contributed by atoms with Gasteiger partial charge in [-0.05, 0) is 43.2 Å². The molecule has 1 amide bonds. The average Bonchev–Trinajstić information content (AvgIpc) is 3.03. The summed E-state index contributed by atoms with van der Waals surface area (Å²) in [7, 11) is 2.92. The molecule has 0 saturated heterocycles. The quantitative estimate of drug-likeness (QED) is 0.611. The third-order valence-corrected chi connectivity index (χ3v) is 3.68. The van der Waals surface area contributed by atoms with E-state index < -0.39 is 6.10 Å². The van der Waals surface area contributed by atoms with Crippen molar-refractivity contribution in [2.45, 2.75) is 20.0 Å². The summed E-state index contributed by atoms with van der Waals surface area (Å²) in [5.74, 6) is -0.614. The molecule has 1 heterocycles. The fraction of sp³-hybridized carbons (Fsp3) is 0.278. The second-order valence-electron chi connectivity index (χ2n) is 5.61. The number of aromatic nitrogens is 2. The van der Waals surface area contributed by atoms with Gasteiger partial charge in [-0.2, -0.15) is 0 Å². The number of benzene rings is 1. The summed E-state index contributed by atoms with van der Waals surface area (Å²) in [6.45, 7) is 3.44. The Labute approximate surface area is 150 Å². The Morgan fingerprint density at radius 2 is 2.15 bits per heavy atom. The molecule has 1 unspecified atom stereocenters. The number of nitrogens with one attached hydrogen (secondary N) is 2. The molecule has 0 spiro atoms. The molecule has 0 fully saturated rings. The molecule has 138 valence electrons. The highest BCUT2D eigenvalue weighted by atomic mass is 19.1. The number of methoxy groups -OCH3 is 1. The lowest BCUT2D eigenvalue weighted by atomic mass is 10.1.